The largest absolute Gasteiger partial charge is 0.378 e. The number of rotatable bonds is 4. The van der Waals surface area contributed by atoms with Crippen molar-refractivity contribution >= 4 is 0 Å². The smallest absolute Gasteiger partial charge is 0.0609 e. The van der Waals surface area contributed by atoms with E-state index in [9.17, 15) is 0 Å². The predicted octanol–water partition coefficient (Wildman–Crippen LogP) is 1.85. The fourth-order valence-electron chi connectivity index (χ4n) is 1.46. The zero-order valence-corrected chi connectivity index (χ0v) is 7.67. The molecule has 1 rings (SSSR count). The summed E-state index contributed by atoms with van der Waals surface area (Å²) in [6.45, 7) is 1.71. The molecule has 0 aromatic carbocycles. The molecule has 1 unspecified atom stereocenters. The molecule has 1 aliphatic rings. The molecule has 12 heavy (non-hydrogen) atoms. The molecule has 0 radical (unpaired) electrons. The Morgan fingerprint density at radius 1 is 1.33 bits per heavy atom. The first kappa shape index (κ1) is 9.75. The molecule has 1 fully saturated rings. The molecule has 0 bridgehead atoms. The Hall–Kier alpha value is -0.340. The minimum Gasteiger partial charge on any atom is -0.378 e. The highest BCUT2D eigenvalue weighted by atomic mass is 16.5. The van der Waals surface area contributed by atoms with E-state index < -0.39 is 0 Å². The minimum absolute atomic E-state index is 0.479. The second-order valence-corrected chi connectivity index (χ2v) is 3.27. The van der Waals surface area contributed by atoms with Crippen LogP contribution in [0.5, 0.6) is 0 Å². The summed E-state index contributed by atoms with van der Waals surface area (Å²) in [4.78, 5) is 0. The highest BCUT2D eigenvalue weighted by Crippen LogP contribution is 2.15. The molecule has 0 aromatic heterocycles. The van der Waals surface area contributed by atoms with Crippen LogP contribution in [0, 0.1) is 0 Å². The lowest BCUT2D eigenvalue weighted by Gasteiger charge is -2.20. The molecule has 0 aromatic rings. The van der Waals surface area contributed by atoms with Gasteiger partial charge in [0.1, 0.15) is 0 Å². The third-order valence-corrected chi connectivity index (χ3v) is 2.17. The van der Waals surface area contributed by atoms with Gasteiger partial charge in [0.15, 0.2) is 0 Å². The Morgan fingerprint density at radius 3 is 2.92 bits per heavy atom. The average molecular weight is 169 g/mol. The maximum Gasteiger partial charge on any atom is 0.0609 e. The molecule has 70 valence electrons. The van der Waals surface area contributed by atoms with Crippen LogP contribution in [-0.2, 0) is 4.74 Å². The van der Waals surface area contributed by atoms with Gasteiger partial charge in [0.05, 0.1) is 6.10 Å². The third-order valence-electron chi connectivity index (χ3n) is 2.17. The summed E-state index contributed by atoms with van der Waals surface area (Å²) in [5, 5.41) is 0. The van der Waals surface area contributed by atoms with Crippen LogP contribution in [0.2, 0.25) is 0 Å². The van der Waals surface area contributed by atoms with Gasteiger partial charge in [-0.3, -0.25) is 0 Å². The maximum atomic E-state index is 5.58. The zero-order chi connectivity index (χ0) is 8.65. The van der Waals surface area contributed by atoms with Crippen LogP contribution in [0.25, 0.3) is 0 Å². The fourth-order valence-corrected chi connectivity index (χ4v) is 1.46. The van der Waals surface area contributed by atoms with Crippen molar-refractivity contribution in [1.29, 1.82) is 0 Å². The van der Waals surface area contributed by atoms with Gasteiger partial charge in [0.25, 0.3) is 0 Å². The molecule has 1 saturated heterocycles. The van der Waals surface area contributed by atoms with Gasteiger partial charge in [-0.25, -0.2) is 0 Å². The lowest BCUT2D eigenvalue weighted by atomic mass is 10.1. The zero-order valence-electron chi connectivity index (χ0n) is 7.67. The van der Waals surface area contributed by atoms with Gasteiger partial charge in [-0.1, -0.05) is 12.2 Å². The van der Waals surface area contributed by atoms with Gasteiger partial charge in [0, 0.05) is 6.61 Å². The van der Waals surface area contributed by atoms with Crippen LogP contribution in [0.1, 0.15) is 32.1 Å². The molecular weight excluding hydrogens is 150 g/mol. The van der Waals surface area contributed by atoms with E-state index in [4.69, 9.17) is 10.5 Å². The minimum atomic E-state index is 0.479. The van der Waals surface area contributed by atoms with Gasteiger partial charge < -0.3 is 10.5 Å². The van der Waals surface area contributed by atoms with Crippen molar-refractivity contribution in [1.82, 2.24) is 0 Å². The average Bonchev–Trinajstić information content (AvgIpc) is 2.14. The van der Waals surface area contributed by atoms with E-state index in [1.54, 1.807) is 0 Å². The molecule has 0 aliphatic carbocycles. The summed E-state index contributed by atoms with van der Waals surface area (Å²) in [5.41, 5.74) is 5.37. The summed E-state index contributed by atoms with van der Waals surface area (Å²) in [6, 6.07) is 0. The van der Waals surface area contributed by atoms with E-state index in [-0.39, 0.29) is 0 Å². The highest BCUT2D eigenvalue weighted by molar-refractivity contribution is 4.85. The Balaban J connectivity index is 2.04. The summed E-state index contributed by atoms with van der Waals surface area (Å²) >= 11 is 0. The molecular formula is C10H19NO. The van der Waals surface area contributed by atoms with Crippen molar-refractivity contribution < 1.29 is 4.74 Å². The van der Waals surface area contributed by atoms with Crippen molar-refractivity contribution in [3.63, 3.8) is 0 Å². The van der Waals surface area contributed by atoms with E-state index in [1.165, 1.54) is 19.3 Å². The van der Waals surface area contributed by atoms with E-state index in [1.807, 2.05) is 0 Å². The van der Waals surface area contributed by atoms with Crippen LogP contribution < -0.4 is 5.73 Å². The summed E-state index contributed by atoms with van der Waals surface area (Å²) in [6.07, 6.45) is 10.7. The van der Waals surface area contributed by atoms with Crippen molar-refractivity contribution in [2.75, 3.05) is 13.2 Å². The van der Waals surface area contributed by atoms with Gasteiger partial charge in [0.2, 0.25) is 0 Å². The number of nitrogens with two attached hydrogens (primary N) is 1. The highest BCUT2D eigenvalue weighted by Gasteiger charge is 2.11. The first-order valence-electron chi connectivity index (χ1n) is 4.90. The van der Waals surface area contributed by atoms with Crippen LogP contribution >= 0.6 is 0 Å². The number of hydrogen-bond donors (Lipinski definition) is 1. The molecule has 0 amide bonds. The summed E-state index contributed by atoms with van der Waals surface area (Å²) < 4.78 is 5.58. The van der Waals surface area contributed by atoms with Crippen LogP contribution in [0.15, 0.2) is 12.2 Å². The third kappa shape index (κ3) is 3.88. The molecule has 2 N–H and O–H groups in total. The monoisotopic (exact) mass is 169 g/mol. The first-order valence-corrected chi connectivity index (χ1v) is 4.90. The summed E-state index contributed by atoms with van der Waals surface area (Å²) in [7, 11) is 0. The van der Waals surface area contributed by atoms with Gasteiger partial charge >= 0.3 is 0 Å². The van der Waals surface area contributed by atoms with E-state index in [0.717, 1.165) is 26.0 Å². The quantitative estimate of drug-likeness (QED) is 0.652. The van der Waals surface area contributed by atoms with Crippen molar-refractivity contribution in [2.45, 2.75) is 38.2 Å². The van der Waals surface area contributed by atoms with Crippen molar-refractivity contribution in [3.8, 4) is 0 Å². The van der Waals surface area contributed by atoms with E-state index in [2.05, 4.69) is 12.2 Å². The SMILES string of the molecule is NCC/C=C\CC1CCCCO1. The van der Waals surface area contributed by atoms with Gasteiger partial charge in [-0.05, 0) is 38.6 Å². The Morgan fingerprint density at radius 2 is 2.25 bits per heavy atom. The molecule has 0 saturated carbocycles. The predicted molar refractivity (Wildman–Crippen MR) is 51.0 cm³/mol. The first-order chi connectivity index (χ1) is 5.93. The second-order valence-electron chi connectivity index (χ2n) is 3.27. The normalized spacial score (nSPS) is 24.9. The topological polar surface area (TPSA) is 35.2 Å². The lowest BCUT2D eigenvalue weighted by Crippen LogP contribution is -2.17. The fraction of sp³-hybridized carbons (Fsp3) is 0.800. The van der Waals surface area contributed by atoms with Gasteiger partial charge in [-0.15, -0.1) is 0 Å². The van der Waals surface area contributed by atoms with Crippen molar-refractivity contribution in [2.24, 2.45) is 5.73 Å². The maximum absolute atomic E-state index is 5.58. The molecule has 1 heterocycles. The molecule has 1 aliphatic heterocycles. The Labute approximate surface area is 74.8 Å². The molecule has 1 atom stereocenters. The molecule has 2 heteroatoms. The van der Waals surface area contributed by atoms with E-state index >= 15 is 0 Å². The Kier molecular flexibility index (Phi) is 5.04. The standard InChI is InChI=1S/C10H19NO/c11-8-4-1-2-6-10-7-3-5-9-12-10/h1-2,10H,3-9,11H2/b2-1-. The van der Waals surface area contributed by atoms with Crippen LogP contribution in [0.4, 0.5) is 0 Å². The lowest BCUT2D eigenvalue weighted by molar-refractivity contribution is 0.0184. The van der Waals surface area contributed by atoms with E-state index in [0.29, 0.717) is 6.10 Å². The molecule has 0 spiro atoms. The second kappa shape index (κ2) is 6.21. The van der Waals surface area contributed by atoms with Crippen molar-refractivity contribution in [3.05, 3.63) is 12.2 Å². The molecule has 2 nitrogen and oxygen atoms in total. The van der Waals surface area contributed by atoms with Crippen LogP contribution in [-0.4, -0.2) is 19.3 Å². The van der Waals surface area contributed by atoms with Crippen LogP contribution in [0.3, 0.4) is 0 Å². The number of hydrogen-bond acceptors (Lipinski definition) is 2. The summed E-state index contributed by atoms with van der Waals surface area (Å²) in [5.74, 6) is 0. The van der Waals surface area contributed by atoms with Gasteiger partial charge in [-0.2, -0.15) is 0 Å². The number of ether oxygens (including phenoxy) is 1. The Bertz CT molecular complexity index is 128.